The summed E-state index contributed by atoms with van der Waals surface area (Å²) in [6.45, 7) is 9.90. The summed E-state index contributed by atoms with van der Waals surface area (Å²) >= 11 is 6.05. The number of allylic oxidation sites excluding steroid dienone is 5. The van der Waals surface area contributed by atoms with E-state index in [9.17, 15) is 4.39 Å². The highest BCUT2D eigenvalue weighted by Crippen LogP contribution is 2.30. The molecule has 0 spiro atoms. The average Bonchev–Trinajstić information content (AvgIpc) is 2.76. The van der Waals surface area contributed by atoms with E-state index < -0.39 is 5.83 Å². The lowest BCUT2D eigenvalue weighted by molar-refractivity contribution is 0.177. The molecule has 0 saturated heterocycles. The topological polar surface area (TPSA) is 43.4 Å². The highest BCUT2D eigenvalue weighted by Gasteiger charge is 2.13. The van der Waals surface area contributed by atoms with Gasteiger partial charge in [-0.3, -0.25) is 0 Å². The number of hydrogen-bond acceptors (Lipinski definition) is 4. The average molecular weight is 429 g/mol. The van der Waals surface area contributed by atoms with Gasteiger partial charge in [0.1, 0.15) is 24.0 Å². The number of aromatic nitrogens is 1. The van der Waals surface area contributed by atoms with Crippen LogP contribution in [0.1, 0.15) is 24.5 Å². The Hall–Kier alpha value is -3.05. The van der Waals surface area contributed by atoms with Crippen molar-refractivity contribution in [2.45, 2.75) is 20.0 Å². The van der Waals surface area contributed by atoms with Crippen molar-refractivity contribution in [3.05, 3.63) is 101 Å². The first kappa shape index (κ1) is 23.2. The van der Waals surface area contributed by atoms with E-state index in [1.54, 1.807) is 20.0 Å². The molecule has 0 aliphatic carbocycles. The van der Waals surface area contributed by atoms with Crippen LogP contribution in [0, 0.1) is 0 Å². The van der Waals surface area contributed by atoms with Crippen molar-refractivity contribution in [3.63, 3.8) is 0 Å². The molecule has 30 heavy (non-hydrogen) atoms. The van der Waals surface area contributed by atoms with Gasteiger partial charge in [0.25, 0.3) is 0 Å². The third-order valence-electron chi connectivity index (χ3n) is 4.38. The van der Waals surface area contributed by atoms with Crippen LogP contribution in [-0.2, 0) is 16.1 Å². The lowest BCUT2D eigenvalue weighted by Gasteiger charge is -2.13. The van der Waals surface area contributed by atoms with Gasteiger partial charge in [-0.05, 0) is 36.1 Å². The van der Waals surface area contributed by atoms with E-state index in [4.69, 9.17) is 21.1 Å². The van der Waals surface area contributed by atoms with Gasteiger partial charge in [0, 0.05) is 24.9 Å². The van der Waals surface area contributed by atoms with Crippen molar-refractivity contribution in [1.82, 2.24) is 4.98 Å². The van der Waals surface area contributed by atoms with Crippen LogP contribution >= 0.6 is 11.6 Å². The van der Waals surface area contributed by atoms with E-state index in [0.29, 0.717) is 40.1 Å². The smallest absolute Gasteiger partial charge is 0.160 e. The summed E-state index contributed by atoms with van der Waals surface area (Å²) < 4.78 is 25.9. The molecule has 0 saturated carbocycles. The molecule has 1 heterocycles. The molecular formula is C24H26ClFN2O2. The maximum absolute atomic E-state index is 14.9. The van der Waals surface area contributed by atoms with Gasteiger partial charge in [0.15, 0.2) is 5.76 Å². The van der Waals surface area contributed by atoms with Crippen molar-refractivity contribution in [2.75, 3.05) is 19.5 Å². The predicted molar refractivity (Wildman–Crippen MR) is 122 cm³/mol. The Morgan fingerprint density at radius 1 is 1.27 bits per heavy atom. The summed E-state index contributed by atoms with van der Waals surface area (Å²) in [5.74, 6) is 0.857. The molecule has 158 valence electrons. The van der Waals surface area contributed by atoms with Crippen molar-refractivity contribution in [1.29, 1.82) is 0 Å². The Labute approximate surface area is 182 Å². The molecule has 0 aliphatic rings. The summed E-state index contributed by atoms with van der Waals surface area (Å²) in [6, 6.07) is 11.4. The molecular weight excluding hydrogens is 403 g/mol. The molecule has 0 amide bonds. The summed E-state index contributed by atoms with van der Waals surface area (Å²) in [4.78, 5) is 4.22. The molecule has 0 fully saturated rings. The standard InChI is InChI=1S/C24H26ClFN2O2/c1-16(21-12-20(25)14-28-24(21)27-4)11-17(2)22(26)13-23(18(3)29-5)30-15-19-9-7-6-8-10-19/h6-10,12-14H,1-2,11,15H2,3-5H3,(H,27,28)/b22-13+,23-18-. The van der Waals surface area contributed by atoms with Crippen molar-refractivity contribution >= 4 is 23.0 Å². The van der Waals surface area contributed by atoms with E-state index in [0.717, 1.165) is 5.56 Å². The predicted octanol–water partition coefficient (Wildman–Crippen LogP) is 6.68. The van der Waals surface area contributed by atoms with Crippen LogP contribution in [0.4, 0.5) is 10.2 Å². The fourth-order valence-corrected chi connectivity index (χ4v) is 2.80. The number of halogens is 2. The summed E-state index contributed by atoms with van der Waals surface area (Å²) in [7, 11) is 3.26. The van der Waals surface area contributed by atoms with Crippen LogP contribution in [0.5, 0.6) is 0 Å². The number of nitrogens with one attached hydrogen (secondary N) is 1. The molecule has 4 nitrogen and oxygen atoms in total. The minimum absolute atomic E-state index is 0.205. The maximum Gasteiger partial charge on any atom is 0.160 e. The third kappa shape index (κ3) is 6.49. The van der Waals surface area contributed by atoms with Gasteiger partial charge in [-0.2, -0.15) is 0 Å². The quantitative estimate of drug-likeness (QED) is 0.338. The molecule has 0 aliphatic heterocycles. The number of anilines is 1. The molecule has 0 bridgehead atoms. The van der Waals surface area contributed by atoms with E-state index >= 15 is 0 Å². The minimum Gasteiger partial charge on any atom is -0.498 e. The molecule has 0 unspecified atom stereocenters. The van der Waals surface area contributed by atoms with E-state index in [1.807, 2.05) is 30.3 Å². The largest absolute Gasteiger partial charge is 0.498 e. The number of nitrogens with zero attached hydrogens (tertiary/aromatic N) is 1. The Balaban J connectivity index is 2.15. The van der Waals surface area contributed by atoms with Crippen LogP contribution in [-0.4, -0.2) is 19.1 Å². The maximum atomic E-state index is 14.9. The molecule has 2 aromatic rings. The molecule has 6 heteroatoms. The van der Waals surface area contributed by atoms with Crippen LogP contribution in [0.3, 0.4) is 0 Å². The first-order chi connectivity index (χ1) is 14.3. The van der Waals surface area contributed by atoms with Gasteiger partial charge in [-0.25, -0.2) is 9.37 Å². The fraction of sp³-hybridized carbons (Fsp3) is 0.208. The van der Waals surface area contributed by atoms with Crippen LogP contribution < -0.4 is 5.32 Å². The zero-order valence-corrected chi connectivity index (χ0v) is 18.2. The summed E-state index contributed by atoms with van der Waals surface area (Å²) in [5.41, 5.74) is 2.57. The number of ether oxygens (including phenoxy) is 2. The molecule has 2 rings (SSSR count). The lowest BCUT2D eigenvalue weighted by atomic mass is 10.00. The second kappa shape index (κ2) is 11.2. The first-order valence-electron chi connectivity index (χ1n) is 9.34. The molecule has 0 atom stereocenters. The normalized spacial score (nSPS) is 12.1. The van der Waals surface area contributed by atoms with Gasteiger partial charge < -0.3 is 14.8 Å². The Kier molecular flexibility index (Phi) is 8.69. The lowest BCUT2D eigenvalue weighted by Crippen LogP contribution is -2.00. The first-order valence-corrected chi connectivity index (χ1v) is 9.71. The minimum atomic E-state index is -0.517. The van der Waals surface area contributed by atoms with Gasteiger partial charge >= 0.3 is 0 Å². The monoisotopic (exact) mass is 428 g/mol. The van der Waals surface area contributed by atoms with Gasteiger partial charge in [0.2, 0.25) is 0 Å². The van der Waals surface area contributed by atoms with E-state index in [2.05, 4.69) is 23.5 Å². The SMILES string of the molecule is C=C(CC(=C)c1cc(Cl)cnc1NC)/C(F)=C\C(OCc1ccccc1)=C(/C)OC. The van der Waals surface area contributed by atoms with Crippen molar-refractivity contribution in [3.8, 4) is 0 Å². The van der Waals surface area contributed by atoms with Crippen LogP contribution in [0.15, 0.2) is 84.7 Å². The number of pyridine rings is 1. The van der Waals surface area contributed by atoms with Crippen LogP contribution in [0.2, 0.25) is 5.02 Å². The Bertz CT molecular complexity index is 968. The Morgan fingerprint density at radius 2 is 1.97 bits per heavy atom. The highest BCUT2D eigenvalue weighted by atomic mass is 35.5. The summed E-state index contributed by atoms with van der Waals surface area (Å²) in [6.07, 6.45) is 3.03. The zero-order valence-electron chi connectivity index (χ0n) is 17.5. The van der Waals surface area contributed by atoms with Gasteiger partial charge in [-0.15, -0.1) is 0 Å². The second-order valence-corrected chi connectivity index (χ2v) is 7.01. The van der Waals surface area contributed by atoms with E-state index in [1.165, 1.54) is 19.4 Å². The second-order valence-electron chi connectivity index (χ2n) is 6.57. The van der Waals surface area contributed by atoms with Crippen molar-refractivity contribution in [2.24, 2.45) is 0 Å². The van der Waals surface area contributed by atoms with E-state index in [-0.39, 0.29) is 12.0 Å². The molecule has 1 aromatic carbocycles. The highest BCUT2D eigenvalue weighted by molar-refractivity contribution is 6.30. The van der Waals surface area contributed by atoms with Gasteiger partial charge in [-0.1, -0.05) is 55.1 Å². The molecule has 0 radical (unpaired) electrons. The molecule has 1 N–H and O–H groups in total. The molecule has 1 aromatic heterocycles. The number of hydrogen-bond donors (Lipinski definition) is 1. The van der Waals surface area contributed by atoms with Gasteiger partial charge in [0.05, 0.1) is 12.1 Å². The zero-order chi connectivity index (χ0) is 22.1. The third-order valence-corrected chi connectivity index (χ3v) is 4.59. The number of rotatable bonds is 10. The summed E-state index contributed by atoms with van der Waals surface area (Å²) in [5, 5.41) is 3.45. The Morgan fingerprint density at radius 3 is 2.60 bits per heavy atom. The fourth-order valence-electron chi connectivity index (χ4n) is 2.64. The number of methoxy groups -OCH3 is 1. The number of benzene rings is 1. The van der Waals surface area contributed by atoms with Crippen molar-refractivity contribution < 1.29 is 13.9 Å². The van der Waals surface area contributed by atoms with Crippen LogP contribution in [0.25, 0.3) is 5.57 Å².